The zero-order valence-corrected chi connectivity index (χ0v) is 13.1. The van der Waals surface area contributed by atoms with Crippen LogP contribution in [0.3, 0.4) is 0 Å². The summed E-state index contributed by atoms with van der Waals surface area (Å²) in [5, 5.41) is 10.5. The number of aryl methyl sites for hydroxylation is 2. The third-order valence-electron chi connectivity index (χ3n) is 4.02. The number of hydrogen-bond donors (Lipinski definition) is 2. The molecule has 0 spiro atoms. The third kappa shape index (κ3) is 3.39. The molecule has 7 heteroatoms. The molecule has 2 atom stereocenters. The molecule has 0 bridgehead atoms. The molecule has 20 heavy (non-hydrogen) atoms. The molecule has 2 unspecified atom stereocenters. The zero-order valence-electron chi connectivity index (χ0n) is 12.3. The molecule has 1 fully saturated rings. The maximum Gasteiger partial charge on any atom is 0.259 e. The number of nitrogens with zero attached hydrogens (tertiary/aromatic N) is 2. The van der Waals surface area contributed by atoms with Crippen molar-refractivity contribution in [2.24, 2.45) is 13.0 Å². The second-order valence-electron chi connectivity index (χ2n) is 5.99. The Morgan fingerprint density at radius 3 is 2.85 bits per heavy atom. The lowest BCUT2D eigenvalue weighted by molar-refractivity contribution is -0.00752. The lowest BCUT2D eigenvalue weighted by atomic mass is 9.79. The molecule has 0 amide bonds. The highest BCUT2D eigenvalue weighted by molar-refractivity contribution is 7.89. The molecule has 2 N–H and O–H groups in total. The second kappa shape index (κ2) is 5.46. The van der Waals surface area contributed by atoms with Crippen molar-refractivity contribution in [2.75, 3.05) is 6.54 Å². The first-order valence-electron chi connectivity index (χ1n) is 6.94. The summed E-state index contributed by atoms with van der Waals surface area (Å²) in [4.78, 5) is 4.01. The minimum absolute atomic E-state index is 0.00459. The zero-order chi connectivity index (χ0) is 15.0. The molecule has 114 valence electrons. The second-order valence-corrected chi connectivity index (χ2v) is 7.70. The summed E-state index contributed by atoms with van der Waals surface area (Å²) >= 11 is 0. The first-order valence-corrected chi connectivity index (χ1v) is 8.42. The standard InChI is InChI=1S/C13H23N3O3S/c1-10-5-4-6-13(17,7-10)9-14-20(18,19)12-8-16(3)11(2)15-12/h8,10,14,17H,4-7,9H2,1-3H3. The van der Waals surface area contributed by atoms with Crippen molar-refractivity contribution in [3.8, 4) is 0 Å². The van der Waals surface area contributed by atoms with Gasteiger partial charge in [0, 0.05) is 19.8 Å². The number of aliphatic hydroxyl groups is 1. The molecule has 2 rings (SSSR count). The van der Waals surface area contributed by atoms with Gasteiger partial charge in [-0.2, -0.15) is 0 Å². The van der Waals surface area contributed by atoms with Crippen molar-refractivity contribution in [3.63, 3.8) is 0 Å². The summed E-state index contributed by atoms with van der Waals surface area (Å²) in [6.45, 7) is 3.88. The maximum absolute atomic E-state index is 12.2. The predicted octanol–water partition coefficient (Wildman–Crippen LogP) is 0.948. The van der Waals surface area contributed by atoms with Crippen molar-refractivity contribution in [2.45, 2.75) is 50.2 Å². The molecule has 1 aliphatic carbocycles. The van der Waals surface area contributed by atoms with Gasteiger partial charge in [-0.1, -0.05) is 19.8 Å². The van der Waals surface area contributed by atoms with Crippen LogP contribution in [0.5, 0.6) is 0 Å². The monoisotopic (exact) mass is 301 g/mol. The van der Waals surface area contributed by atoms with Crippen LogP contribution < -0.4 is 4.72 Å². The van der Waals surface area contributed by atoms with Gasteiger partial charge in [-0.25, -0.2) is 18.1 Å². The average molecular weight is 301 g/mol. The van der Waals surface area contributed by atoms with Crippen molar-refractivity contribution < 1.29 is 13.5 Å². The van der Waals surface area contributed by atoms with Crippen LogP contribution in [0.2, 0.25) is 0 Å². The van der Waals surface area contributed by atoms with Gasteiger partial charge in [-0.15, -0.1) is 0 Å². The lowest BCUT2D eigenvalue weighted by Crippen LogP contribution is -2.45. The Hall–Kier alpha value is -0.920. The first kappa shape index (κ1) is 15.5. The van der Waals surface area contributed by atoms with Crippen molar-refractivity contribution in [1.29, 1.82) is 0 Å². The predicted molar refractivity (Wildman–Crippen MR) is 75.7 cm³/mol. The average Bonchev–Trinajstić information content (AvgIpc) is 2.68. The lowest BCUT2D eigenvalue weighted by Gasteiger charge is -2.35. The van der Waals surface area contributed by atoms with Crippen molar-refractivity contribution >= 4 is 10.0 Å². The highest BCUT2D eigenvalue weighted by Gasteiger charge is 2.34. The van der Waals surface area contributed by atoms with E-state index in [0.717, 1.165) is 12.8 Å². The van der Waals surface area contributed by atoms with Crippen LogP contribution in [-0.2, 0) is 17.1 Å². The molecule has 1 aliphatic rings. The van der Waals surface area contributed by atoms with E-state index in [9.17, 15) is 13.5 Å². The molecule has 1 aromatic rings. The van der Waals surface area contributed by atoms with Gasteiger partial charge in [0.1, 0.15) is 5.82 Å². The molecule has 1 saturated carbocycles. The summed E-state index contributed by atoms with van der Waals surface area (Å²) in [6.07, 6.45) is 4.78. The Bertz CT molecular complexity index is 562. The Morgan fingerprint density at radius 2 is 2.30 bits per heavy atom. The minimum atomic E-state index is -3.66. The highest BCUT2D eigenvalue weighted by atomic mass is 32.2. The summed E-state index contributed by atoms with van der Waals surface area (Å²) < 4.78 is 28.5. The van der Waals surface area contributed by atoms with E-state index >= 15 is 0 Å². The van der Waals surface area contributed by atoms with Gasteiger partial charge in [-0.05, 0) is 25.7 Å². The summed E-state index contributed by atoms with van der Waals surface area (Å²) in [7, 11) is -1.91. The van der Waals surface area contributed by atoms with Crippen LogP contribution in [-0.4, -0.2) is 35.2 Å². The van der Waals surface area contributed by atoms with Gasteiger partial charge in [-0.3, -0.25) is 0 Å². The number of hydrogen-bond acceptors (Lipinski definition) is 4. The van der Waals surface area contributed by atoms with Crippen LogP contribution in [0.4, 0.5) is 0 Å². The van der Waals surface area contributed by atoms with Crippen LogP contribution in [0.1, 0.15) is 38.4 Å². The molecule has 0 radical (unpaired) electrons. The Kier molecular flexibility index (Phi) is 4.22. The normalized spacial score (nSPS) is 27.7. The van der Waals surface area contributed by atoms with Gasteiger partial charge >= 0.3 is 0 Å². The molecule has 1 aromatic heterocycles. The summed E-state index contributed by atoms with van der Waals surface area (Å²) in [5.74, 6) is 1.06. The third-order valence-corrected chi connectivity index (χ3v) is 5.29. The first-order chi connectivity index (χ1) is 9.22. The van der Waals surface area contributed by atoms with Crippen molar-refractivity contribution in [3.05, 3.63) is 12.0 Å². The highest BCUT2D eigenvalue weighted by Crippen LogP contribution is 2.31. The van der Waals surface area contributed by atoms with E-state index < -0.39 is 15.6 Å². The van der Waals surface area contributed by atoms with E-state index in [0.29, 0.717) is 24.6 Å². The van der Waals surface area contributed by atoms with Crippen LogP contribution >= 0.6 is 0 Å². The largest absolute Gasteiger partial charge is 0.389 e. The molecule has 0 saturated heterocycles. The van der Waals surface area contributed by atoms with E-state index in [2.05, 4.69) is 16.6 Å². The molecular formula is C13H23N3O3S. The maximum atomic E-state index is 12.2. The quantitative estimate of drug-likeness (QED) is 0.867. The van der Waals surface area contributed by atoms with Gasteiger partial charge in [0.05, 0.1) is 5.60 Å². The Morgan fingerprint density at radius 1 is 1.60 bits per heavy atom. The molecule has 1 heterocycles. The fourth-order valence-electron chi connectivity index (χ4n) is 2.75. The summed E-state index contributed by atoms with van der Waals surface area (Å²) in [5.41, 5.74) is -0.936. The minimum Gasteiger partial charge on any atom is -0.389 e. The van der Waals surface area contributed by atoms with Gasteiger partial charge in [0.2, 0.25) is 0 Å². The van der Waals surface area contributed by atoms with Crippen molar-refractivity contribution in [1.82, 2.24) is 14.3 Å². The van der Waals surface area contributed by atoms with Crippen LogP contribution in [0.25, 0.3) is 0 Å². The van der Waals surface area contributed by atoms with Gasteiger partial charge < -0.3 is 9.67 Å². The topological polar surface area (TPSA) is 84.2 Å². The van der Waals surface area contributed by atoms with Crippen LogP contribution in [0, 0.1) is 12.8 Å². The number of sulfonamides is 1. The smallest absolute Gasteiger partial charge is 0.259 e. The molecular weight excluding hydrogens is 278 g/mol. The van der Waals surface area contributed by atoms with Gasteiger partial charge in [0.15, 0.2) is 5.03 Å². The Labute approximate surface area is 120 Å². The molecule has 6 nitrogen and oxygen atoms in total. The number of nitrogens with one attached hydrogen (secondary N) is 1. The van der Waals surface area contributed by atoms with E-state index in [1.54, 1.807) is 18.5 Å². The fraction of sp³-hybridized carbons (Fsp3) is 0.769. The molecule has 0 aromatic carbocycles. The van der Waals surface area contributed by atoms with Crippen LogP contribution in [0.15, 0.2) is 11.2 Å². The molecule has 0 aliphatic heterocycles. The van der Waals surface area contributed by atoms with E-state index in [1.807, 2.05) is 0 Å². The fourth-order valence-corrected chi connectivity index (χ4v) is 3.91. The van der Waals surface area contributed by atoms with E-state index in [-0.39, 0.29) is 11.6 Å². The van der Waals surface area contributed by atoms with Gasteiger partial charge in [0.25, 0.3) is 10.0 Å². The SMILES string of the molecule is Cc1nc(S(=O)(=O)NCC2(O)CCCC(C)C2)cn1C. The number of aromatic nitrogens is 2. The number of rotatable bonds is 4. The van der Waals surface area contributed by atoms with E-state index in [4.69, 9.17) is 0 Å². The summed E-state index contributed by atoms with van der Waals surface area (Å²) in [6, 6.07) is 0. The van der Waals surface area contributed by atoms with E-state index in [1.165, 1.54) is 6.20 Å². The number of imidazole rings is 1. The Balaban J connectivity index is 2.05.